The van der Waals surface area contributed by atoms with Crippen LogP contribution in [0.25, 0.3) is 6.08 Å². The molecule has 108 valence electrons. The average Bonchev–Trinajstić information content (AvgIpc) is 3.23. The summed E-state index contributed by atoms with van der Waals surface area (Å²) in [5.41, 5.74) is 1.97. The van der Waals surface area contributed by atoms with Gasteiger partial charge in [0.05, 0.1) is 6.61 Å². The second-order valence-electron chi connectivity index (χ2n) is 4.79. The van der Waals surface area contributed by atoms with Crippen LogP contribution in [0.2, 0.25) is 0 Å². The number of hydrogen-bond donors (Lipinski definition) is 1. The van der Waals surface area contributed by atoms with Gasteiger partial charge < -0.3 is 14.7 Å². The first-order valence-electron chi connectivity index (χ1n) is 6.58. The Kier molecular flexibility index (Phi) is 5.20. The molecule has 2 rings (SSSR count). The second-order valence-corrected chi connectivity index (χ2v) is 5.71. The number of carbonyl (C=O) groups is 1. The number of hydrogen-bond acceptors (Lipinski definition) is 3. The Morgan fingerprint density at radius 2 is 2.30 bits per heavy atom. The number of carboxylic acids is 1. The van der Waals surface area contributed by atoms with Gasteiger partial charge in [0.25, 0.3) is 0 Å². The van der Waals surface area contributed by atoms with Crippen molar-refractivity contribution in [2.24, 2.45) is 0 Å². The molecule has 0 spiro atoms. The molecule has 0 heterocycles. The van der Waals surface area contributed by atoms with Crippen LogP contribution in [-0.2, 0) is 9.53 Å². The summed E-state index contributed by atoms with van der Waals surface area (Å²) in [6.07, 6.45) is 5.18. The van der Waals surface area contributed by atoms with E-state index in [2.05, 4.69) is 20.8 Å². The molecule has 0 aromatic heterocycles. The molecule has 1 aromatic carbocycles. The molecule has 0 unspecified atom stereocenters. The van der Waals surface area contributed by atoms with E-state index in [1.54, 1.807) is 13.2 Å². The molecule has 0 bridgehead atoms. The molecule has 0 aliphatic heterocycles. The lowest BCUT2D eigenvalue weighted by atomic mass is 10.1. The number of carboxylic acid groups (broad SMARTS) is 1. The average molecular weight is 340 g/mol. The van der Waals surface area contributed by atoms with E-state index in [0.717, 1.165) is 22.3 Å². The molecule has 20 heavy (non-hydrogen) atoms. The Labute approximate surface area is 127 Å². The molecular formula is C15H18BrNO3. The summed E-state index contributed by atoms with van der Waals surface area (Å²) in [5, 5.41) is 8.80. The maximum Gasteiger partial charge on any atom is 0.328 e. The highest BCUT2D eigenvalue weighted by atomic mass is 79.9. The molecule has 1 aromatic rings. The van der Waals surface area contributed by atoms with Crippen molar-refractivity contribution in [1.29, 1.82) is 0 Å². The van der Waals surface area contributed by atoms with Crippen molar-refractivity contribution in [1.82, 2.24) is 0 Å². The lowest BCUT2D eigenvalue weighted by Gasteiger charge is -2.26. The standard InChI is InChI=1S/C15H18BrNO3/c1-20-9-8-17(13-4-5-13)14-6-3-12(16)10-11(14)2-7-15(18)19/h2-3,6-7,10,13H,4-5,8-9H2,1H3,(H,18,19)/b7-2+. The van der Waals surface area contributed by atoms with Gasteiger partial charge >= 0.3 is 5.97 Å². The number of anilines is 1. The van der Waals surface area contributed by atoms with Crippen LogP contribution >= 0.6 is 15.9 Å². The molecule has 1 N–H and O–H groups in total. The van der Waals surface area contributed by atoms with Gasteiger partial charge in [0.2, 0.25) is 0 Å². The van der Waals surface area contributed by atoms with Gasteiger partial charge in [-0.25, -0.2) is 4.79 Å². The number of methoxy groups -OCH3 is 1. The highest BCUT2D eigenvalue weighted by molar-refractivity contribution is 9.10. The first kappa shape index (κ1) is 15.1. The third-order valence-corrected chi connectivity index (χ3v) is 3.72. The monoisotopic (exact) mass is 339 g/mol. The highest BCUT2D eigenvalue weighted by Crippen LogP contribution is 2.35. The van der Waals surface area contributed by atoms with Gasteiger partial charge in [0.15, 0.2) is 0 Å². The summed E-state index contributed by atoms with van der Waals surface area (Å²) in [5.74, 6) is -0.939. The Balaban J connectivity index is 2.29. The topological polar surface area (TPSA) is 49.8 Å². The number of nitrogens with zero attached hydrogens (tertiary/aromatic N) is 1. The van der Waals surface area contributed by atoms with Gasteiger partial charge in [-0.05, 0) is 42.7 Å². The van der Waals surface area contributed by atoms with Crippen molar-refractivity contribution in [2.45, 2.75) is 18.9 Å². The highest BCUT2D eigenvalue weighted by Gasteiger charge is 2.29. The van der Waals surface area contributed by atoms with Gasteiger partial charge in [-0.15, -0.1) is 0 Å². The number of aliphatic carboxylic acids is 1. The van der Waals surface area contributed by atoms with Crippen LogP contribution in [0.4, 0.5) is 5.69 Å². The van der Waals surface area contributed by atoms with E-state index in [0.29, 0.717) is 12.6 Å². The summed E-state index contributed by atoms with van der Waals surface area (Å²) in [4.78, 5) is 13.0. The zero-order valence-electron chi connectivity index (χ0n) is 11.4. The maximum absolute atomic E-state index is 10.7. The Morgan fingerprint density at radius 1 is 1.55 bits per heavy atom. The quantitative estimate of drug-likeness (QED) is 0.775. The van der Waals surface area contributed by atoms with Crippen molar-refractivity contribution >= 4 is 33.7 Å². The molecule has 0 atom stereocenters. The number of halogens is 1. The van der Waals surface area contributed by atoms with E-state index in [-0.39, 0.29) is 0 Å². The molecule has 1 saturated carbocycles. The summed E-state index contributed by atoms with van der Waals surface area (Å²) in [6.45, 7) is 1.48. The molecule has 1 aliphatic rings. The lowest BCUT2D eigenvalue weighted by Crippen LogP contribution is -2.30. The van der Waals surface area contributed by atoms with Crippen LogP contribution in [0.3, 0.4) is 0 Å². The Morgan fingerprint density at radius 3 is 2.90 bits per heavy atom. The zero-order chi connectivity index (χ0) is 14.5. The van der Waals surface area contributed by atoms with Gasteiger partial charge in [0, 0.05) is 35.9 Å². The van der Waals surface area contributed by atoms with Gasteiger partial charge in [0.1, 0.15) is 0 Å². The zero-order valence-corrected chi connectivity index (χ0v) is 13.0. The van der Waals surface area contributed by atoms with E-state index in [1.165, 1.54) is 18.9 Å². The smallest absolute Gasteiger partial charge is 0.328 e. The number of benzene rings is 1. The van der Waals surface area contributed by atoms with Crippen molar-refractivity contribution in [3.8, 4) is 0 Å². The Bertz CT molecular complexity index is 512. The van der Waals surface area contributed by atoms with E-state index >= 15 is 0 Å². The third-order valence-electron chi connectivity index (χ3n) is 3.23. The third kappa shape index (κ3) is 4.08. The number of rotatable bonds is 7. The fourth-order valence-corrected chi connectivity index (χ4v) is 2.54. The summed E-state index contributed by atoms with van der Waals surface area (Å²) in [7, 11) is 1.69. The van der Waals surface area contributed by atoms with Crippen LogP contribution in [0, 0.1) is 0 Å². The molecule has 1 aliphatic carbocycles. The predicted molar refractivity (Wildman–Crippen MR) is 83.1 cm³/mol. The minimum Gasteiger partial charge on any atom is -0.478 e. The van der Waals surface area contributed by atoms with E-state index < -0.39 is 5.97 Å². The second kappa shape index (κ2) is 6.90. The molecule has 5 heteroatoms. The minimum absolute atomic E-state index is 0.545. The molecule has 0 saturated heterocycles. The number of ether oxygens (including phenoxy) is 1. The summed E-state index contributed by atoms with van der Waals surface area (Å²) >= 11 is 3.43. The molecule has 1 fully saturated rings. The lowest BCUT2D eigenvalue weighted by molar-refractivity contribution is -0.131. The predicted octanol–water partition coefficient (Wildman–Crippen LogP) is 3.16. The minimum atomic E-state index is -0.939. The SMILES string of the molecule is COCCN(c1ccc(Br)cc1/C=C/C(=O)O)C1CC1. The van der Waals surface area contributed by atoms with Gasteiger partial charge in [-0.2, -0.15) is 0 Å². The normalized spacial score (nSPS) is 14.7. The van der Waals surface area contributed by atoms with Crippen LogP contribution < -0.4 is 4.90 Å². The molecule has 4 nitrogen and oxygen atoms in total. The van der Waals surface area contributed by atoms with E-state index in [1.807, 2.05) is 18.2 Å². The van der Waals surface area contributed by atoms with Gasteiger partial charge in [-0.3, -0.25) is 0 Å². The Hall–Kier alpha value is -1.33. The van der Waals surface area contributed by atoms with Gasteiger partial charge in [-0.1, -0.05) is 15.9 Å². The maximum atomic E-state index is 10.7. The van der Waals surface area contributed by atoms with Crippen LogP contribution in [0.5, 0.6) is 0 Å². The van der Waals surface area contributed by atoms with Crippen molar-refractivity contribution in [2.75, 3.05) is 25.2 Å². The largest absolute Gasteiger partial charge is 0.478 e. The summed E-state index contributed by atoms with van der Waals surface area (Å²) in [6, 6.07) is 6.50. The van der Waals surface area contributed by atoms with E-state index in [9.17, 15) is 4.79 Å². The van der Waals surface area contributed by atoms with Crippen molar-refractivity contribution in [3.05, 3.63) is 34.3 Å². The first-order chi connectivity index (χ1) is 9.61. The van der Waals surface area contributed by atoms with Crippen LogP contribution in [0.1, 0.15) is 18.4 Å². The molecule has 0 amide bonds. The van der Waals surface area contributed by atoms with Crippen molar-refractivity contribution in [3.63, 3.8) is 0 Å². The molecular weight excluding hydrogens is 322 g/mol. The van der Waals surface area contributed by atoms with Crippen LogP contribution in [-0.4, -0.2) is 37.4 Å². The molecule has 0 radical (unpaired) electrons. The van der Waals surface area contributed by atoms with Crippen molar-refractivity contribution < 1.29 is 14.6 Å². The fraction of sp³-hybridized carbons (Fsp3) is 0.400. The first-order valence-corrected chi connectivity index (χ1v) is 7.37. The summed E-state index contributed by atoms with van der Waals surface area (Å²) < 4.78 is 6.11. The van der Waals surface area contributed by atoms with E-state index in [4.69, 9.17) is 9.84 Å². The van der Waals surface area contributed by atoms with Crippen LogP contribution in [0.15, 0.2) is 28.7 Å². The fourth-order valence-electron chi connectivity index (χ4n) is 2.16.